The van der Waals surface area contributed by atoms with Gasteiger partial charge in [-0.15, -0.1) is 0 Å². The van der Waals surface area contributed by atoms with E-state index in [-0.39, 0.29) is 11.2 Å². The van der Waals surface area contributed by atoms with Gasteiger partial charge in [0, 0.05) is 0 Å². The molecule has 3 heteroatoms. The molecule has 0 heterocycles. The molecule has 0 radical (unpaired) electrons. The zero-order valence-electron chi connectivity index (χ0n) is 18.4. The Kier molecular flexibility index (Phi) is 6.80. The Hall–Kier alpha value is -1.74. The summed E-state index contributed by atoms with van der Waals surface area (Å²) in [6.07, 6.45) is 2.04. The summed E-state index contributed by atoms with van der Waals surface area (Å²) in [5.41, 5.74) is 2.23. The highest BCUT2D eigenvalue weighted by molar-refractivity contribution is 6.69. The molecule has 0 unspecified atom stereocenters. The Morgan fingerprint density at radius 2 is 1.04 bits per heavy atom. The molecule has 0 aliphatic heterocycles. The SMILES string of the molecule is CCc1ccc([SiH2]c2ccc(CC)cc2OC(C)(C)C)c(OC(C)(C)C)c1. The molecule has 0 spiro atoms. The van der Waals surface area contributed by atoms with Gasteiger partial charge in [-0.2, -0.15) is 0 Å². The third kappa shape index (κ3) is 6.73. The molecule has 0 fully saturated rings. The molecule has 2 aromatic rings. The van der Waals surface area contributed by atoms with Gasteiger partial charge in [-0.1, -0.05) is 38.1 Å². The maximum Gasteiger partial charge on any atom is 0.119 e. The molecule has 0 N–H and O–H groups in total. The largest absolute Gasteiger partial charge is 0.488 e. The topological polar surface area (TPSA) is 18.5 Å². The van der Waals surface area contributed by atoms with Crippen molar-refractivity contribution in [2.75, 3.05) is 0 Å². The van der Waals surface area contributed by atoms with E-state index in [9.17, 15) is 0 Å². The van der Waals surface area contributed by atoms with Crippen LogP contribution in [0.4, 0.5) is 0 Å². The van der Waals surface area contributed by atoms with E-state index in [1.165, 1.54) is 21.5 Å². The van der Waals surface area contributed by atoms with Crippen molar-refractivity contribution in [2.24, 2.45) is 0 Å². The molecule has 27 heavy (non-hydrogen) atoms. The van der Waals surface area contributed by atoms with Crippen molar-refractivity contribution >= 4 is 19.9 Å². The van der Waals surface area contributed by atoms with Gasteiger partial charge in [0.25, 0.3) is 0 Å². The van der Waals surface area contributed by atoms with Crippen LogP contribution in [0.1, 0.15) is 66.5 Å². The third-order valence-electron chi connectivity index (χ3n) is 4.29. The second-order valence-electron chi connectivity index (χ2n) is 9.20. The van der Waals surface area contributed by atoms with Gasteiger partial charge in [0.05, 0.1) is 9.52 Å². The van der Waals surface area contributed by atoms with Crippen LogP contribution < -0.4 is 19.8 Å². The van der Waals surface area contributed by atoms with Crippen molar-refractivity contribution in [3.8, 4) is 11.5 Å². The fourth-order valence-electron chi connectivity index (χ4n) is 2.98. The molecule has 0 amide bonds. The zero-order chi connectivity index (χ0) is 20.2. The molecule has 0 aliphatic carbocycles. The Morgan fingerprint density at radius 3 is 1.33 bits per heavy atom. The first kappa shape index (κ1) is 21.6. The lowest BCUT2D eigenvalue weighted by Gasteiger charge is -2.26. The van der Waals surface area contributed by atoms with Crippen LogP contribution in [0.5, 0.6) is 11.5 Å². The van der Waals surface area contributed by atoms with E-state index >= 15 is 0 Å². The standard InChI is InChI=1S/C24H36O2Si/c1-9-17-11-13-21(19(15-17)25-23(3,4)5)27-22-14-12-18(10-2)16-20(22)26-24(6,7)8/h11-16H,9-10,27H2,1-8H3. The third-order valence-corrected chi connectivity index (χ3v) is 6.22. The van der Waals surface area contributed by atoms with Crippen molar-refractivity contribution in [2.45, 2.75) is 79.4 Å². The molecular weight excluding hydrogens is 348 g/mol. The van der Waals surface area contributed by atoms with Crippen LogP contribution >= 0.6 is 0 Å². The second kappa shape index (κ2) is 8.51. The molecule has 0 aliphatic rings. The number of hydrogen-bond acceptors (Lipinski definition) is 2. The first-order valence-electron chi connectivity index (χ1n) is 10.1. The van der Waals surface area contributed by atoms with Gasteiger partial charge in [0.2, 0.25) is 0 Å². The van der Waals surface area contributed by atoms with Gasteiger partial charge in [-0.3, -0.25) is 0 Å². The van der Waals surface area contributed by atoms with Crippen molar-refractivity contribution in [3.05, 3.63) is 47.5 Å². The molecule has 2 aromatic carbocycles. The highest BCUT2D eigenvalue weighted by Crippen LogP contribution is 2.21. The van der Waals surface area contributed by atoms with Crippen molar-refractivity contribution in [1.82, 2.24) is 0 Å². The Bertz CT molecular complexity index is 701. The average Bonchev–Trinajstić information content (AvgIpc) is 2.55. The molecule has 2 rings (SSSR count). The predicted molar refractivity (Wildman–Crippen MR) is 120 cm³/mol. The maximum atomic E-state index is 6.33. The van der Waals surface area contributed by atoms with Crippen molar-refractivity contribution in [1.29, 1.82) is 0 Å². The molecule has 0 aromatic heterocycles. The molecule has 0 saturated carbocycles. The molecule has 148 valence electrons. The predicted octanol–water partition coefficient (Wildman–Crippen LogP) is 4.29. The van der Waals surface area contributed by atoms with Gasteiger partial charge in [0.1, 0.15) is 22.7 Å². The fourth-order valence-corrected chi connectivity index (χ4v) is 4.56. The lowest BCUT2D eigenvalue weighted by molar-refractivity contribution is 0.132. The number of benzene rings is 2. The number of aryl methyl sites for hydroxylation is 2. The highest BCUT2D eigenvalue weighted by atomic mass is 28.2. The summed E-state index contributed by atoms with van der Waals surface area (Å²) in [6.45, 7) is 17.0. The Morgan fingerprint density at radius 1 is 0.667 bits per heavy atom. The van der Waals surface area contributed by atoms with E-state index in [0.29, 0.717) is 0 Å². The number of ether oxygens (including phenoxy) is 2. The minimum atomic E-state index is -0.727. The quantitative estimate of drug-likeness (QED) is 0.692. The molecule has 0 bridgehead atoms. The summed E-state index contributed by atoms with van der Waals surface area (Å²) in [5, 5.41) is 2.68. The molecular formula is C24H36O2Si. The van der Waals surface area contributed by atoms with Gasteiger partial charge in [-0.05, 0) is 88.0 Å². The summed E-state index contributed by atoms with van der Waals surface area (Å²) in [6, 6.07) is 13.4. The summed E-state index contributed by atoms with van der Waals surface area (Å²) in [5.74, 6) is 2.07. The molecule has 0 saturated heterocycles. The second-order valence-corrected chi connectivity index (χ2v) is 11.1. The average molecular weight is 385 g/mol. The minimum absolute atomic E-state index is 0.202. The minimum Gasteiger partial charge on any atom is -0.488 e. The fraction of sp³-hybridized carbons (Fsp3) is 0.500. The van der Waals surface area contributed by atoms with E-state index in [0.717, 1.165) is 24.3 Å². The summed E-state index contributed by atoms with van der Waals surface area (Å²) >= 11 is 0. The van der Waals surface area contributed by atoms with E-state index in [4.69, 9.17) is 9.47 Å². The van der Waals surface area contributed by atoms with E-state index < -0.39 is 9.52 Å². The number of rotatable bonds is 6. The summed E-state index contributed by atoms with van der Waals surface area (Å²) in [7, 11) is -0.727. The van der Waals surface area contributed by atoms with Gasteiger partial charge in [0.15, 0.2) is 0 Å². The van der Waals surface area contributed by atoms with Crippen LogP contribution in [0.15, 0.2) is 36.4 Å². The van der Waals surface area contributed by atoms with Crippen LogP contribution in [-0.2, 0) is 12.8 Å². The Labute approximate surface area is 168 Å². The highest BCUT2D eigenvalue weighted by Gasteiger charge is 2.19. The van der Waals surface area contributed by atoms with Gasteiger partial charge >= 0.3 is 0 Å². The summed E-state index contributed by atoms with van der Waals surface area (Å²) in [4.78, 5) is 0. The first-order valence-corrected chi connectivity index (χ1v) is 11.5. The van der Waals surface area contributed by atoms with Crippen LogP contribution in [0, 0.1) is 0 Å². The molecule has 0 atom stereocenters. The van der Waals surface area contributed by atoms with E-state index in [2.05, 4.69) is 91.8 Å². The first-order chi connectivity index (χ1) is 12.5. The Balaban J connectivity index is 2.43. The van der Waals surface area contributed by atoms with Gasteiger partial charge in [-0.25, -0.2) is 0 Å². The lowest BCUT2D eigenvalue weighted by atomic mass is 10.1. The summed E-state index contributed by atoms with van der Waals surface area (Å²) < 4.78 is 12.7. The van der Waals surface area contributed by atoms with E-state index in [1.54, 1.807) is 0 Å². The van der Waals surface area contributed by atoms with Gasteiger partial charge < -0.3 is 9.47 Å². The zero-order valence-corrected chi connectivity index (χ0v) is 19.8. The number of hydrogen-bond donors (Lipinski definition) is 0. The van der Waals surface area contributed by atoms with Crippen LogP contribution in [0.3, 0.4) is 0 Å². The van der Waals surface area contributed by atoms with Crippen molar-refractivity contribution < 1.29 is 9.47 Å². The normalized spacial score (nSPS) is 12.1. The monoisotopic (exact) mass is 384 g/mol. The van der Waals surface area contributed by atoms with Crippen LogP contribution in [0.2, 0.25) is 0 Å². The molecule has 2 nitrogen and oxygen atoms in total. The maximum absolute atomic E-state index is 6.33. The smallest absolute Gasteiger partial charge is 0.119 e. The van der Waals surface area contributed by atoms with Crippen LogP contribution in [0.25, 0.3) is 0 Å². The van der Waals surface area contributed by atoms with Crippen molar-refractivity contribution in [3.63, 3.8) is 0 Å². The van der Waals surface area contributed by atoms with E-state index in [1.807, 2.05) is 0 Å². The van der Waals surface area contributed by atoms with Crippen LogP contribution in [-0.4, -0.2) is 20.7 Å². The lowest BCUT2D eigenvalue weighted by Crippen LogP contribution is -2.35.